The molecule has 0 bridgehead atoms. The summed E-state index contributed by atoms with van der Waals surface area (Å²) in [7, 11) is 2.48. The Hall–Kier alpha value is -1.28. The highest BCUT2D eigenvalue weighted by molar-refractivity contribution is 5.85. The molecule has 3 atom stereocenters. The Morgan fingerprint density at radius 2 is 1.91 bits per heavy atom. The zero-order valence-corrected chi connectivity index (χ0v) is 14.4. The first-order chi connectivity index (χ1) is 10.4. The average Bonchev–Trinajstić information content (AvgIpc) is 2.84. The molecule has 4 rings (SSSR count). The third-order valence-electron chi connectivity index (χ3n) is 6.53. The van der Waals surface area contributed by atoms with Crippen molar-refractivity contribution in [2.24, 2.45) is 11.3 Å². The lowest BCUT2D eigenvalue weighted by molar-refractivity contribution is -0.948. The SMILES string of the molecule is CC(C)(C)[C@@H]1CC[N@@+]2(C)CCc3c([nH]c4ccccc34)[C@@H]2C1. The van der Waals surface area contributed by atoms with Gasteiger partial charge in [-0.05, 0) is 23.0 Å². The smallest absolute Gasteiger partial charge is 0.130 e. The van der Waals surface area contributed by atoms with Crippen LogP contribution >= 0.6 is 0 Å². The van der Waals surface area contributed by atoms with Gasteiger partial charge in [0.1, 0.15) is 6.04 Å². The highest BCUT2D eigenvalue weighted by Crippen LogP contribution is 2.48. The number of piperidine rings is 1. The molecule has 1 fully saturated rings. The fraction of sp³-hybridized carbons (Fsp3) is 0.600. The van der Waals surface area contributed by atoms with Crippen molar-refractivity contribution in [3.05, 3.63) is 35.5 Å². The number of fused-ring (bicyclic) bond motifs is 5. The first kappa shape index (κ1) is 14.3. The van der Waals surface area contributed by atoms with Crippen LogP contribution in [0.3, 0.4) is 0 Å². The molecule has 0 amide bonds. The fourth-order valence-corrected chi connectivity index (χ4v) is 4.87. The molecular formula is C20H29N2+. The molecule has 3 heterocycles. The number of likely N-dealkylation sites (N-methyl/N-ethyl adjacent to an activating group) is 1. The topological polar surface area (TPSA) is 15.8 Å². The number of quaternary nitrogens is 1. The van der Waals surface area contributed by atoms with Gasteiger partial charge >= 0.3 is 0 Å². The molecule has 2 aliphatic heterocycles. The maximum atomic E-state index is 3.80. The quantitative estimate of drug-likeness (QED) is 0.680. The molecule has 0 aliphatic carbocycles. The lowest BCUT2D eigenvalue weighted by atomic mass is 9.71. The van der Waals surface area contributed by atoms with Gasteiger partial charge in [0.05, 0.1) is 25.8 Å². The minimum atomic E-state index is 0.425. The monoisotopic (exact) mass is 297 g/mol. The van der Waals surface area contributed by atoms with Gasteiger partial charge in [-0.1, -0.05) is 39.0 Å². The summed E-state index contributed by atoms with van der Waals surface area (Å²) in [6.07, 6.45) is 3.94. The predicted octanol–water partition coefficient (Wildman–Crippen LogP) is 4.67. The highest BCUT2D eigenvalue weighted by atomic mass is 15.4. The van der Waals surface area contributed by atoms with Gasteiger partial charge < -0.3 is 9.47 Å². The van der Waals surface area contributed by atoms with Gasteiger partial charge in [-0.2, -0.15) is 0 Å². The van der Waals surface area contributed by atoms with Crippen molar-refractivity contribution < 1.29 is 4.48 Å². The Labute approximate surface area is 134 Å². The van der Waals surface area contributed by atoms with Crippen LogP contribution in [0.15, 0.2) is 24.3 Å². The third-order valence-corrected chi connectivity index (χ3v) is 6.53. The molecule has 22 heavy (non-hydrogen) atoms. The Kier molecular flexibility index (Phi) is 3.00. The number of hydrogen-bond acceptors (Lipinski definition) is 0. The molecule has 1 aromatic carbocycles. The molecule has 2 nitrogen and oxygen atoms in total. The minimum Gasteiger partial charge on any atom is -0.353 e. The second-order valence-corrected chi connectivity index (χ2v) is 8.84. The summed E-state index contributed by atoms with van der Waals surface area (Å²) < 4.78 is 1.24. The Balaban J connectivity index is 1.80. The lowest BCUT2D eigenvalue weighted by Crippen LogP contribution is -2.56. The molecule has 1 aromatic heterocycles. The molecular weight excluding hydrogens is 268 g/mol. The maximum absolute atomic E-state index is 3.80. The summed E-state index contributed by atoms with van der Waals surface area (Å²) in [6, 6.07) is 9.52. The second-order valence-electron chi connectivity index (χ2n) is 8.84. The van der Waals surface area contributed by atoms with Crippen molar-refractivity contribution in [3.8, 4) is 0 Å². The van der Waals surface area contributed by atoms with E-state index in [0.29, 0.717) is 11.5 Å². The number of para-hydroxylation sites is 1. The normalized spacial score (nSPS) is 31.8. The predicted molar refractivity (Wildman–Crippen MR) is 92.8 cm³/mol. The van der Waals surface area contributed by atoms with Gasteiger partial charge in [-0.25, -0.2) is 0 Å². The third kappa shape index (κ3) is 2.04. The van der Waals surface area contributed by atoms with Crippen LogP contribution in [0.25, 0.3) is 10.9 Å². The Morgan fingerprint density at radius 3 is 2.68 bits per heavy atom. The van der Waals surface area contributed by atoms with Gasteiger partial charge in [0.25, 0.3) is 0 Å². The second kappa shape index (κ2) is 4.61. The molecule has 2 aromatic rings. The maximum Gasteiger partial charge on any atom is 0.130 e. The number of aromatic nitrogens is 1. The number of nitrogens with zero attached hydrogens (tertiary/aromatic N) is 1. The standard InChI is InChI=1S/C20H29N2/c1-20(2,3)14-9-11-22(4)12-10-16-15-7-5-6-8-17(15)21-19(16)18(22)13-14/h5-8,14,18,21H,9-13H2,1-4H3/q+1/t14-,18+,22+/m1/s1. The van der Waals surface area contributed by atoms with E-state index in [1.54, 1.807) is 11.3 Å². The highest BCUT2D eigenvalue weighted by Gasteiger charge is 2.47. The van der Waals surface area contributed by atoms with Gasteiger partial charge in [0.15, 0.2) is 0 Å². The van der Waals surface area contributed by atoms with E-state index in [2.05, 4.69) is 57.1 Å². The van der Waals surface area contributed by atoms with E-state index in [1.807, 2.05) is 0 Å². The van der Waals surface area contributed by atoms with Crippen molar-refractivity contribution in [3.63, 3.8) is 0 Å². The molecule has 0 spiro atoms. The van der Waals surface area contributed by atoms with E-state index in [4.69, 9.17) is 0 Å². The summed E-state index contributed by atoms with van der Waals surface area (Å²) >= 11 is 0. The zero-order chi connectivity index (χ0) is 15.5. The molecule has 1 saturated heterocycles. The Bertz CT molecular complexity index is 706. The first-order valence-electron chi connectivity index (χ1n) is 8.82. The number of nitrogens with one attached hydrogen (secondary N) is 1. The molecule has 2 heteroatoms. The number of hydrogen-bond donors (Lipinski definition) is 1. The largest absolute Gasteiger partial charge is 0.353 e. The van der Waals surface area contributed by atoms with Crippen LogP contribution in [-0.4, -0.2) is 29.6 Å². The lowest BCUT2D eigenvalue weighted by Gasteiger charge is -2.51. The summed E-state index contributed by atoms with van der Waals surface area (Å²) in [5, 5.41) is 1.46. The number of aromatic amines is 1. The number of rotatable bonds is 0. The number of H-pyrrole nitrogens is 1. The van der Waals surface area contributed by atoms with E-state index in [0.717, 1.165) is 5.92 Å². The summed E-state index contributed by atoms with van der Waals surface area (Å²) in [5.41, 5.74) is 4.91. The first-order valence-corrected chi connectivity index (χ1v) is 8.82. The van der Waals surface area contributed by atoms with E-state index in [1.165, 1.54) is 47.7 Å². The zero-order valence-electron chi connectivity index (χ0n) is 14.4. The van der Waals surface area contributed by atoms with Crippen molar-refractivity contribution in [1.29, 1.82) is 0 Å². The van der Waals surface area contributed by atoms with Crippen LogP contribution < -0.4 is 0 Å². The molecule has 118 valence electrons. The van der Waals surface area contributed by atoms with E-state index in [9.17, 15) is 0 Å². The molecule has 1 N–H and O–H groups in total. The molecule has 0 radical (unpaired) electrons. The van der Waals surface area contributed by atoms with Gasteiger partial charge in [0, 0.05) is 30.2 Å². The van der Waals surface area contributed by atoms with Crippen LogP contribution in [0, 0.1) is 11.3 Å². The van der Waals surface area contributed by atoms with Crippen LogP contribution in [0.4, 0.5) is 0 Å². The van der Waals surface area contributed by atoms with Gasteiger partial charge in [-0.3, -0.25) is 0 Å². The summed E-state index contributed by atoms with van der Waals surface area (Å²) in [5.74, 6) is 0.834. The van der Waals surface area contributed by atoms with E-state index < -0.39 is 0 Å². The van der Waals surface area contributed by atoms with Crippen LogP contribution in [0.5, 0.6) is 0 Å². The van der Waals surface area contributed by atoms with Crippen LogP contribution in [-0.2, 0) is 6.42 Å². The summed E-state index contributed by atoms with van der Waals surface area (Å²) in [4.78, 5) is 3.80. The van der Waals surface area contributed by atoms with Crippen molar-refractivity contribution in [2.45, 2.75) is 46.1 Å². The van der Waals surface area contributed by atoms with Gasteiger partial charge in [-0.15, -0.1) is 0 Å². The Morgan fingerprint density at radius 1 is 1.14 bits per heavy atom. The number of benzene rings is 1. The average molecular weight is 297 g/mol. The molecule has 0 saturated carbocycles. The van der Waals surface area contributed by atoms with Crippen LogP contribution in [0.1, 0.15) is 50.9 Å². The summed E-state index contributed by atoms with van der Waals surface area (Å²) in [6.45, 7) is 9.89. The van der Waals surface area contributed by atoms with E-state index >= 15 is 0 Å². The molecule has 0 unspecified atom stereocenters. The van der Waals surface area contributed by atoms with Crippen LogP contribution in [0.2, 0.25) is 0 Å². The fourth-order valence-electron chi connectivity index (χ4n) is 4.87. The minimum absolute atomic E-state index is 0.425. The van der Waals surface area contributed by atoms with Gasteiger partial charge in [0.2, 0.25) is 0 Å². The van der Waals surface area contributed by atoms with Crippen molar-refractivity contribution >= 4 is 10.9 Å². The van der Waals surface area contributed by atoms with Crippen molar-refractivity contribution in [1.82, 2.24) is 4.98 Å². The molecule has 2 aliphatic rings. The van der Waals surface area contributed by atoms with E-state index in [-0.39, 0.29) is 0 Å². The van der Waals surface area contributed by atoms with Crippen molar-refractivity contribution in [2.75, 3.05) is 20.1 Å².